The minimum absolute atomic E-state index is 0.389. The number of aromatic nitrogens is 4. The van der Waals surface area contributed by atoms with Crippen LogP contribution in [0.4, 0.5) is 5.95 Å². The van der Waals surface area contributed by atoms with E-state index in [1.807, 2.05) is 0 Å². The summed E-state index contributed by atoms with van der Waals surface area (Å²) in [5.74, 6) is 0.514. The third-order valence-corrected chi connectivity index (χ3v) is 2.57. The van der Waals surface area contributed by atoms with Crippen molar-refractivity contribution in [3.8, 4) is 0 Å². The molecule has 77 valence electrons. The van der Waals surface area contributed by atoms with Crippen LogP contribution in [0, 0.1) is 0 Å². The number of nitrogens with zero attached hydrogens (tertiary/aromatic N) is 3. The molecule has 0 aliphatic rings. The predicted molar refractivity (Wildman–Crippen MR) is 98.5 cm³/mol. The highest BCUT2D eigenvalue weighted by atomic mass is 15.5. The van der Waals surface area contributed by atoms with Crippen LogP contribution >= 0.6 is 0 Å². The molecule has 0 aliphatic heterocycles. The first-order chi connectivity index (χ1) is 9.34. The first-order valence-corrected chi connectivity index (χ1v) is 5.84. The largest absolute Gasteiger partial charge is 0.355 e. The van der Waals surface area contributed by atoms with Crippen LogP contribution in [0.5, 0.6) is 0 Å². The molecular formula is C2H5B13N5. The van der Waals surface area contributed by atoms with Crippen LogP contribution < -0.4 is 5.32 Å². The van der Waals surface area contributed by atoms with E-state index in [2.05, 4.69) is 25.9 Å². The molecule has 0 unspecified atom stereocenters. The molecule has 0 aromatic carbocycles. The Kier molecular flexibility index (Phi) is 10.3. The molecule has 1 aromatic heterocycles. The number of tetrazole rings is 1. The number of nitrogens with one attached hydrogen (secondary N) is 2. The van der Waals surface area contributed by atoms with E-state index < -0.39 is 25.5 Å². The molecule has 20 heavy (non-hydrogen) atoms. The Balaban J connectivity index is 0.000000428. The SMILES string of the molecule is CNc1nn[nH]n1.[B][B]B(B([B])[B])B(B([B])[B])B([B])[B]. The van der Waals surface area contributed by atoms with Gasteiger partial charge in [0.2, 0.25) is 0 Å². The molecule has 0 spiro atoms. The van der Waals surface area contributed by atoms with Crippen LogP contribution in [0.3, 0.4) is 0 Å². The minimum Gasteiger partial charge on any atom is -0.355 e. The van der Waals surface area contributed by atoms with Gasteiger partial charge in [0, 0.05) is 100 Å². The van der Waals surface area contributed by atoms with Crippen LogP contribution in [0.25, 0.3) is 0 Å². The summed E-state index contributed by atoms with van der Waals surface area (Å²) >= 11 is 0. The molecule has 0 saturated carbocycles. The molecule has 0 atom stereocenters. The fourth-order valence-electron chi connectivity index (χ4n) is 1.55. The molecule has 0 saturated heterocycles. The van der Waals surface area contributed by atoms with Crippen LogP contribution in [-0.4, -0.2) is 121 Å². The lowest BCUT2D eigenvalue weighted by atomic mass is 8.50. The number of aromatic amines is 1. The Morgan fingerprint density at radius 3 is 1.75 bits per heavy atom. The van der Waals surface area contributed by atoms with Gasteiger partial charge >= 0.3 is 0 Å². The van der Waals surface area contributed by atoms with Gasteiger partial charge in [-0.05, 0) is 5.21 Å². The Labute approximate surface area is 132 Å². The van der Waals surface area contributed by atoms with Crippen molar-refractivity contribution in [2.75, 3.05) is 12.4 Å². The summed E-state index contributed by atoms with van der Waals surface area (Å²) in [5.41, 5.74) is 0. The van der Waals surface area contributed by atoms with Crippen LogP contribution in [-0.2, 0) is 0 Å². The molecule has 15 radical (unpaired) electrons. The topological polar surface area (TPSA) is 66.5 Å². The highest BCUT2D eigenvalue weighted by molar-refractivity contribution is 8.07. The molecule has 1 heterocycles. The van der Waals surface area contributed by atoms with Gasteiger partial charge in [0.05, 0.1) is 0 Å². The summed E-state index contributed by atoms with van der Waals surface area (Å²) in [5, 5.41) is 15.4. The second kappa shape index (κ2) is 10.4. The monoisotopic (exact) mass is 242 g/mol. The van der Waals surface area contributed by atoms with Gasteiger partial charge in [-0.3, -0.25) is 0 Å². The Morgan fingerprint density at radius 1 is 1.05 bits per heavy atom. The van der Waals surface area contributed by atoms with E-state index in [0.717, 1.165) is 0 Å². The highest BCUT2D eigenvalue weighted by Crippen LogP contribution is 1.94. The van der Waals surface area contributed by atoms with Crippen LogP contribution in [0.2, 0.25) is 0 Å². The van der Waals surface area contributed by atoms with Gasteiger partial charge in [-0.2, -0.15) is 5.21 Å². The molecule has 1 aromatic rings. The maximum absolute atomic E-state index is 5.48. The first kappa shape index (κ1) is 19.7. The molecule has 0 aliphatic carbocycles. The van der Waals surface area contributed by atoms with Crippen molar-refractivity contribution in [2.24, 2.45) is 0 Å². The normalized spacial score (nSPS) is 8.65. The second-order valence-corrected chi connectivity index (χ2v) is 4.06. The van der Waals surface area contributed by atoms with Crippen molar-refractivity contribution in [1.29, 1.82) is 0 Å². The van der Waals surface area contributed by atoms with Gasteiger partial charge in [0.15, 0.2) is 0 Å². The van der Waals surface area contributed by atoms with Crippen molar-refractivity contribution in [1.82, 2.24) is 20.6 Å². The van der Waals surface area contributed by atoms with Gasteiger partial charge in [0.25, 0.3) is 5.95 Å². The third-order valence-electron chi connectivity index (χ3n) is 2.57. The first-order valence-electron chi connectivity index (χ1n) is 5.84. The average Bonchev–Trinajstić information content (AvgIpc) is 2.88. The Bertz CT molecular complexity index is 320. The standard InChI is InChI=1S/C2H5N5.B13/c1-3-2-4-6-7-5-2;1-8-12(9(2)3)13(10(4)5)11(6)7/h1H3,(H2,3,4,5,6,7);. The van der Waals surface area contributed by atoms with Gasteiger partial charge in [-0.1, -0.05) is 5.10 Å². The number of H-pyrrole nitrogens is 1. The smallest absolute Gasteiger partial charge is 0.262 e. The quantitative estimate of drug-likeness (QED) is 0.486. The van der Waals surface area contributed by atoms with E-state index in [4.69, 9.17) is 54.2 Å². The van der Waals surface area contributed by atoms with E-state index >= 15 is 0 Å². The summed E-state index contributed by atoms with van der Waals surface area (Å²) in [7, 11) is 41.3. The van der Waals surface area contributed by atoms with Gasteiger partial charge < -0.3 is 5.32 Å². The van der Waals surface area contributed by atoms with E-state index in [0.29, 0.717) is 5.95 Å². The maximum atomic E-state index is 5.48. The zero-order chi connectivity index (χ0) is 15.7. The predicted octanol–water partition coefficient (Wildman–Crippen LogP) is -5.71. The second-order valence-electron chi connectivity index (χ2n) is 4.06. The molecule has 1 rings (SSSR count). The molecule has 0 fully saturated rings. The third kappa shape index (κ3) is 6.93. The summed E-state index contributed by atoms with van der Waals surface area (Å²) in [6.07, 6.45) is -2.87. The van der Waals surface area contributed by atoms with E-state index in [1.54, 1.807) is 7.05 Å². The van der Waals surface area contributed by atoms with E-state index in [1.165, 1.54) is 7.06 Å². The number of anilines is 1. The Morgan fingerprint density at radius 2 is 1.60 bits per heavy atom. The summed E-state index contributed by atoms with van der Waals surface area (Å²) in [6.45, 7) is 0. The molecule has 18 heteroatoms. The maximum Gasteiger partial charge on any atom is 0.262 e. The van der Waals surface area contributed by atoms with Crippen LogP contribution in [0.1, 0.15) is 0 Å². The zero-order valence-corrected chi connectivity index (χ0v) is 11.3. The van der Waals surface area contributed by atoms with Gasteiger partial charge in [-0.25, -0.2) is 0 Å². The molecule has 5 nitrogen and oxygen atoms in total. The molecule has 2 N–H and O–H groups in total. The summed E-state index contributed by atoms with van der Waals surface area (Å²) in [6, 6.07) is 0. The van der Waals surface area contributed by atoms with Crippen molar-refractivity contribution >= 4 is 99.1 Å². The van der Waals surface area contributed by atoms with Gasteiger partial charge in [-0.15, -0.1) is 5.10 Å². The number of hydrogen-bond acceptors (Lipinski definition) is 4. The van der Waals surface area contributed by atoms with Gasteiger partial charge in [0.1, 0.15) is 0 Å². The van der Waals surface area contributed by atoms with E-state index in [9.17, 15) is 0 Å². The summed E-state index contributed by atoms with van der Waals surface area (Å²) < 4.78 is 0. The fourth-order valence-corrected chi connectivity index (χ4v) is 1.55. The lowest BCUT2D eigenvalue weighted by Gasteiger charge is -2.31. The van der Waals surface area contributed by atoms with Crippen molar-refractivity contribution in [2.45, 2.75) is 0 Å². The Hall–Kier alpha value is -0.286. The molecular weight excluding hydrogens is 235 g/mol. The lowest BCUT2D eigenvalue weighted by Crippen LogP contribution is -2.69. The number of hydrogen-bond donors (Lipinski definition) is 2. The van der Waals surface area contributed by atoms with E-state index in [-0.39, 0.29) is 6.39 Å². The fraction of sp³-hybridized carbons (Fsp3) is 0.500. The highest BCUT2D eigenvalue weighted by Gasteiger charge is 2.32. The summed E-state index contributed by atoms with van der Waals surface area (Å²) in [4.78, 5) is 0. The van der Waals surface area contributed by atoms with Crippen molar-refractivity contribution in [3.63, 3.8) is 0 Å². The van der Waals surface area contributed by atoms with Crippen molar-refractivity contribution in [3.05, 3.63) is 0 Å². The molecule has 0 amide bonds. The average molecular weight is 240 g/mol. The minimum atomic E-state index is -0.695. The zero-order valence-electron chi connectivity index (χ0n) is 11.3. The van der Waals surface area contributed by atoms with Crippen molar-refractivity contribution < 1.29 is 0 Å². The number of rotatable bonds is 6. The lowest BCUT2D eigenvalue weighted by molar-refractivity contribution is 0.881. The van der Waals surface area contributed by atoms with Crippen LogP contribution in [0.15, 0.2) is 0 Å². The molecule has 0 bridgehead atoms.